The molecule has 0 radical (unpaired) electrons. The van der Waals surface area contributed by atoms with Crippen molar-refractivity contribution in [2.24, 2.45) is 11.8 Å². The molecule has 2 aliphatic carbocycles. The van der Waals surface area contributed by atoms with Crippen molar-refractivity contribution in [3.8, 4) is 5.75 Å². The van der Waals surface area contributed by atoms with Gasteiger partial charge in [0.2, 0.25) is 5.91 Å². The smallest absolute Gasteiger partial charge is 0.348 e. The molecule has 1 N–H and O–H groups in total. The highest BCUT2D eigenvalue weighted by Gasteiger charge is 2.42. The summed E-state index contributed by atoms with van der Waals surface area (Å²) in [7, 11) is 0. The van der Waals surface area contributed by atoms with Crippen LogP contribution < -0.4 is 9.64 Å². The van der Waals surface area contributed by atoms with Crippen LogP contribution in [0.1, 0.15) is 66.9 Å². The number of pyridine rings is 1. The van der Waals surface area contributed by atoms with E-state index in [9.17, 15) is 14.7 Å². The molecule has 0 saturated heterocycles. The second-order valence-electron chi connectivity index (χ2n) is 9.13. The SMILES string of the molecule is C=C(C)c1cc(N(C(=O)C2CCC(C)CC2)C2CC(Oc3cccnc3)C2)c(C(=O)O)s1. The molecule has 32 heavy (non-hydrogen) atoms. The Hall–Kier alpha value is -2.67. The van der Waals surface area contributed by atoms with Crippen LogP contribution in [0.15, 0.2) is 37.2 Å². The Bertz CT molecular complexity index is 989. The summed E-state index contributed by atoms with van der Waals surface area (Å²) in [6.07, 6.45) is 8.49. The minimum Gasteiger partial charge on any atom is -0.489 e. The molecule has 2 aromatic heterocycles. The summed E-state index contributed by atoms with van der Waals surface area (Å²) in [6, 6.07) is 5.45. The summed E-state index contributed by atoms with van der Waals surface area (Å²) in [4.78, 5) is 32.6. The summed E-state index contributed by atoms with van der Waals surface area (Å²) in [5.41, 5.74) is 1.31. The number of rotatable bonds is 7. The van der Waals surface area contributed by atoms with Crippen molar-refractivity contribution < 1.29 is 19.4 Å². The van der Waals surface area contributed by atoms with Gasteiger partial charge in [-0.15, -0.1) is 11.3 Å². The van der Waals surface area contributed by atoms with Crippen LogP contribution in [0.25, 0.3) is 5.57 Å². The third kappa shape index (κ3) is 4.72. The number of ether oxygens (including phenoxy) is 1. The zero-order valence-corrected chi connectivity index (χ0v) is 19.4. The first kappa shape index (κ1) is 22.5. The first-order valence-corrected chi connectivity index (χ1v) is 12.1. The number of hydrogen-bond acceptors (Lipinski definition) is 5. The fourth-order valence-corrected chi connectivity index (χ4v) is 5.49. The standard InChI is InChI=1S/C25H30N2O4S/c1-15(2)22-13-21(23(32-22)25(29)30)27(24(28)17-8-6-16(3)7-9-17)18-11-20(12-18)31-19-5-4-10-26-14-19/h4-5,10,13-14,16-18,20H,1,6-9,11-12H2,2-3H3,(H,29,30). The van der Waals surface area contributed by atoms with Crippen LogP contribution in [-0.4, -0.2) is 34.1 Å². The van der Waals surface area contributed by atoms with E-state index in [1.54, 1.807) is 17.3 Å². The van der Waals surface area contributed by atoms with Gasteiger partial charge in [-0.25, -0.2) is 4.79 Å². The first-order chi connectivity index (χ1) is 15.3. The Morgan fingerprint density at radius 1 is 1.25 bits per heavy atom. The molecule has 0 atom stereocenters. The Morgan fingerprint density at radius 2 is 1.97 bits per heavy atom. The molecule has 0 bridgehead atoms. The van der Waals surface area contributed by atoms with Crippen molar-refractivity contribution in [2.45, 2.75) is 64.5 Å². The van der Waals surface area contributed by atoms with Crippen LogP contribution in [0.2, 0.25) is 0 Å². The number of thiophene rings is 1. The molecule has 0 spiro atoms. The molecule has 2 aliphatic rings. The van der Waals surface area contributed by atoms with Gasteiger partial charge >= 0.3 is 5.97 Å². The number of allylic oxidation sites excluding steroid dienone is 1. The predicted molar refractivity (Wildman–Crippen MR) is 126 cm³/mol. The van der Waals surface area contributed by atoms with Crippen LogP contribution in [-0.2, 0) is 4.79 Å². The second-order valence-corrected chi connectivity index (χ2v) is 10.2. The van der Waals surface area contributed by atoms with Crippen molar-refractivity contribution in [1.82, 2.24) is 4.98 Å². The normalized spacial score (nSPS) is 24.9. The molecule has 7 heteroatoms. The maximum Gasteiger partial charge on any atom is 0.348 e. The van der Waals surface area contributed by atoms with Gasteiger partial charge < -0.3 is 14.7 Å². The Labute approximate surface area is 192 Å². The molecular formula is C25H30N2O4S. The number of aromatic nitrogens is 1. The van der Waals surface area contributed by atoms with Crippen molar-refractivity contribution in [3.05, 3.63) is 46.9 Å². The molecule has 0 unspecified atom stereocenters. The molecule has 2 aromatic rings. The minimum absolute atomic E-state index is 0.0154. The van der Waals surface area contributed by atoms with Crippen molar-refractivity contribution in [1.29, 1.82) is 0 Å². The average Bonchev–Trinajstić information content (AvgIpc) is 3.19. The molecule has 2 heterocycles. The lowest BCUT2D eigenvalue weighted by Crippen LogP contribution is -2.54. The van der Waals surface area contributed by atoms with E-state index in [1.165, 1.54) is 11.3 Å². The zero-order valence-electron chi connectivity index (χ0n) is 18.6. The molecule has 2 saturated carbocycles. The maximum atomic E-state index is 13.7. The minimum atomic E-state index is -1.00. The van der Waals surface area contributed by atoms with Gasteiger partial charge in [0.25, 0.3) is 0 Å². The Morgan fingerprint density at radius 3 is 2.56 bits per heavy atom. The number of hydrogen-bond donors (Lipinski definition) is 1. The van der Waals surface area contributed by atoms with E-state index in [1.807, 2.05) is 25.1 Å². The van der Waals surface area contributed by atoms with E-state index in [2.05, 4.69) is 18.5 Å². The van der Waals surface area contributed by atoms with Crippen molar-refractivity contribution >= 4 is 34.5 Å². The van der Waals surface area contributed by atoms with Gasteiger partial charge in [-0.2, -0.15) is 0 Å². The van der Waals surface area contributed by atoms with Gasteiger partial charge in [-0.05, 0) is 62.3 Å². The quantitative estimate of drug-likeness (QED) is 0.585. The van der Waals surface area contributed by atoms with Gasteiger partial charge in [0.05, 0.1) is 11.9 Å². The third-order valence-corrected chi connectivity index (χ3v) is 7.84. The van der Waals surface area contributed by atoms with Crippen molar-refractivity contribution in [3.63, 3.8) is 0 Å². The van der Waals surface area contributed by atoms with Gasteiger partial charge in [0, 0.05) is 35.9 Å². The topological polar surface area (TPSA) is 79.7 Å². The molecule has 0 aliphatic heterocycles. The van der Waals surface area contributed by atoms with Crippen LogP contribution in [0.5, 0.6) is 5.75 Å². The number of nitrogens with zero attached hydrogens (tertiary/aromatic N) is 2. The molecule has 0 aromatic carbocycles. The first-order valence-electron chi connectivity index (χ1n) is 11.3. The van der Waals surface area contributed by atoms with Gasteiger partial charge in [-0.3, -0.25) is 9.78 Å². The number of aromatic carboxylic acids is 1. The highest BCUT2D eigenvalue weighted by molar-refractivity contribution is 7.15. The van der Waals surface area contributed by atoms with Crippen molar-refractivity contribution in [2.75, 3.05) is 4.90 Å². The van der Waals surface area contributed by atoms with Gasteiger partial charge in [0.1, 0.15) is 16.7 Å². The highest BCUT2D eigenvalue weighted by Crippen LogP contribution is 2.41. The van der Waals surface area contributed by atoms with Crippen LogP contribution in [0.3, 0.4) is 0 Å². The Kier molecular flexibility index (Phi) is 6.65. The van der Waals surface area contributed by atoms with E-state index in [-0.39, 0.29) is 28.8 Å². The average molecular weight is 455 g/mol. The zero-order chi connectivity index (χ0) is 22.8. The number of carbonyl (C=O) groups excluding carboxylic acids is 1. The lowest BCUT2D eigenvalue weighted by atomic mass is 9.80. The molecule has 1 amide bonds. The number of anilines is 1. The lowest BCUT2D eigenvalue weighted by molar-refractivity contribution is -0.124. The van der Waals surface area contributed by atoms with E-state index >= 15 is 0 Å². The lowest BCUT2D eigenvalue weighted by Gasteiger charge is -2.44. The largest absolute Gasteiger partial charge is 0.489 e. The van der Waals surface area contributed by atoms with Crippen LogP contribution in [0.4, 0.5) is 5.69 Å². The van der Waals surface area contributed by atoms with Gasteiger partial charge in [0.15, 0.2) is 0 Å². The van der Waals surface area contributed by atoms with Crippen LogP contribution in [0, 0.1) is 11.8 Å². The molecular weight excluding hydrogens is 424 g/mol. The van der Waals surface area contributed by atoms with Crippen LogP contribution >= 0.6 is 11.3 Å². The third-order valence-electron chi connectivity index (χ3n) is 6.56. The fourth-order valence-electron chi connectivity index (χ4n) is 4.58. The monoisotopic (exact) mass is 454 g/mol. The van der Waals surface area contributed by atoms with Gasteiger partial charge in [-0.1, -0.05) is 13.5 Å². The molecule has 4 rings (SSSR count). The summed E-state index contributed by atoms with van der Waals surface area (Å²) in [6.45, 7) is 8.05. The summed E-state index contributed by atoms with van der Waals surface area (Å²) < 4.78 is 6.00. The number of amides is 1. The maximum absolute atomic E-state index is 13.7. The Balaban J connectivity index is 1.59. The summed E-state index contributed by atoms with van der Waals surface area (Å²) in [5.74, 6) is 0.338. The predicted octanol–water partition coefficient (Wildman–Crippen LogP) is 5.64. The van der Waals surface area contributed by atoms with E-state index in [0.29, 0.717) is 30.2 Å². The number of carbonyl (C=O) groups is 2. The molecule has 2 fully saturated rings. The number of carboxylic acids is 1. The van der Waals surface area contributed by atoms with E-state index in [4.69, 9.17) is 4.74 Å². The van der Waals surface area contributed by atoms with E-state index < -0.39 is 5.97 Å². The second kappa shape index (κ2) is 9.45. The summed E-state index contributed by atoms with van der Waals surface area (Å²) in [5, 5.41) is 9.87. The molecule has 170 valence electrons. The highest BCUT2D eigenvalue weighted by atomic mass is 32.1. The fraction of sp³-hybridized carbons (Fsp3) is 0.480. The molecule has 6 nitrogen and oxygen atoms in total. The number of carboxylic acid groups (broad SMARTS) is 1. The summed E-state index contributed by atoms with van der Waals surface area (Å²) >= 11 is 1.19. The van der Waals surface area contributed by atoms with E-state index in [0.717, 1.165) is 36.1 Å².